The van der Waals surface area contributed by atoms with Gasteiger partial charge in [0.15, 0.2) is 0 Å². The third kappa shape index (κ3) is 6.48. The Morgan fingerprint density at radius 3 is 2.00 bits per heavy atom. The van der Waals surface area contributed by atoms with Crippen molar-refractivity contribution in [3.8, 4) is 0 Å². The fourth-order valence-corrected chi connectivity index (χ4v) is 0.532. The van der Waals surface area contributed by atoms with Crippen LogP contribution in [-0.4, -0.2) is 17.4 Å². The van der Waals surface area contributed by atoms with E-state index < -0.39 is 5.97 Å². The Labute approximate surface area is 70.6 Å². The van der Waals surface area contributed by atoms with Crippen LogP contribution in [0.5, 0.6) is 0 Å². The van der Waals surface area contributed by atoms with E-state index in [1.54, 1.807) is 12.1 Å². The zero-order valence-electron chi connectivity index (χ0n) is 6.73. The lowest BCUT2D eigenvalue weighted by Crippen LogP contribution is -1.78. The number of carboxylic acids is 1. The standard InChI is InChI=1S/C7H6O.C2H4O2/c8-6-7-4-2-1-3-5-7;1-2(3)4/h1-6H;1H3,(H,3,4). The predicted molar refractivity (Wildman–Crippen MR) is 45.1 cm³/mol. The van der Waals surface area contributed by atoms with E-state index in [2.05, 4.69) is 0 Å². The summed E-state index contributed by atoms with van der Waals surface area (Å²) in [5.41, 5.74) is 0.729. The third-order valence-corrected chi connectivity index (χ3v) is 0.936. The lowest BCUT2D eigenvalue weighted by atomic mass is 10.2. The molecule has 12 heavy (non-hydrogen) atoms. The van der Waals surface area contributed by atoms with Crippen LogP contribution in [0.15, 0.2) is 30.3 Å². The summed E-state index contributed by atoms with van der Waals surface area (Å²) < 4.78 is 0. The van der Waals surface area contributed by atoms with Gasteiger partial charge < -0.3 is 5.11 Å². The Morgan fingerprint density at radius 2 is 1.75 bits per heavy atom. The van der Waals surface area contributed by atoms with Crippen molar-refractivity contribution in [1.29, 1.82) is 0 Å². The molecule has 0 saturated heterocycles. The number of aldehydes is 1. The molecule has 0 aliphatic carbocycles. The first-order chi connectivity index (χ1) is 5.66. The molecule has 1 aromatic carbocycles. The normalized spacial score (nSPS) is 7.75. The highest BCUT2D eigenvalue weighted by Gasteiger charge is 1.79. The number of hydrogen-bond donors (Lipinski definition) is 1. The van der Waals surface area contributed by atoms with E-state index in [1.165, 1.54) is 0 Å². The van der Waals surface area contributed by atoms with E-state index in [-0.39, 0.29) is 0 Å². The molecule has 1 aromatic rings. The molecule has 1 N–H and O–H groups in total. The summed E-state index contributed by atoms with van der Waals surface area (Å²) in [7, 11) is 0. The predicted octanol–water partition coefficient (Wildman–Crippen LogP) is 1.59. The van der Waals surface area contributed by atoms with Gasteiger partial charge in [0.1, 0.15) is 6.29 Å². The molecule has 0 unspecified atom stereocenters. The molecule has 0 aliphatic rings. The average Bonchev–Trinajstić information content (AvgIpc) is 2.05. The van der Waals surface area contributed by atoms with Crippen LogP contribution in [-0.2, 0) is 4.79 Å². The maximum atomic E-state index is 10.0. The zero-order valence-corrected chi connectivity index (χ0v) is 6.73. The smallest absolute Gasteiger partial charge is 0.300 e. The van der Waals surface area contributed by atoms with Gasteiger partial charge in [-0.25, -0.2) is 0 Å². The van der Waals surface area contributed by atoms with E-state index in [0.717, 1.165) is 18.8 Å². The quantitative estimate of drug-likeness (QED) is 0.644. The van der Waals surface area contributed by atoms with Crippen molar-refractivity contribution < 1.29 is 14.7 Å². The Balaban J connectivity index is 0.000000261. The lowest BCUT2D eigenvalue weighted by molar-refractivity contribution is -0.134. The molecule has 0 aliphatic heterocycles. The van der Waals surface area contributed by atoms with Gasteiger partial charge in [0.05, 0.1) is 0 Å². The average molecular weight is 166 g/mol. The summed E-state index contributed by atoms with van der Waals surface area (Å²) in [6.45, 7) is 1.08. The van der Waals surface area contributed by atoms with Crippen molar-refractivity contribution in [2.45, 2.75) is 6.92 Å². The van der Waals surface area contributed by atoms with Crippen molar-refractivity contribution in [2.24, 2.45) is 0 Å². The van der Waals surface area contributed by atoms with Gasteiger partial charge in [0, 0.05) is 12.5 Å². The highest BCUT2D eigenvalue weighted by Crippen LogP contribution is 1.91. The van der Waals surface area contributed by atoms with Crippen LogP contribution in [0.3, 0.4) is 0 Å². The second-order valence-electron chi connectivity index (χ2n) is 2.05. The van der Waals surface area contributed by atoms with Crippen molar-refractivity contribution in [2.75, 3.05) is 0 Å². The molecule has 0 bridgehead atoms. The zero-order chi connectivity index (χ0) is 9.40. The molecule has 0 heterocycles. The Hall–Kier alpha value is -1.64. The molecule has 0 saturated carbocycles. The summed E-state index contributed by atoms with van der Waals surface area (Å²) in [5.74, 6) is -0.833. The molecule has 3 heteroatoms. The largest absolute Gasteiger partial charge is 0.481 e. The first kappa shape index (κ1) is 10.4. The summed E-state index contributed by atoms with van der Waals surface area (Å²) in [4.78, 5) is 19.0. The minimum atomic E-state index is -0.833. The summed E-state index contributed by atoms with van der Waals surface area (Å²) in [6, 6.07) is 9.10. The SMILES string of the molecule is CC(=O)O.O=Cc1ccccc1. The van der Waals surface area contributed by atoms with Crippen molar-refractivity contribution in [1.82, 2.24) is 0 Å². The highest BCUT2D eigenvalue weighted by molar-refractivity contribution is 5.74. The maximum absolute atomic E-state index is 10.0. The number of rotatable bonds is 1. The Bertz CT molecular complexity index is 237. The van der Waals surface area contributed by atoms with Gasteiger partial charge in [0.2, 0.25) is 0 Å². The van der Waals surface area contributed by atoms with E-state index in [4.69, 9.17) is 9.90 Å². The first-order valence-corrected chi connectivity index (χ1v) is 3.36. The highest BCUT2D eigenvalue weighted by atomic mass is 16.4. The van der Waals surface area contributed by atoms with Crippen LogP contribution >= 0.6 is 0 Å². The van der Waals surface area contributed by atoms with Gasteiger partial charge in [-0.05, 0) is 0 Å². The summed E-state index contributed by atoms with van der Waals surface area (Å²) in [5, 5.41) is 7.42. The second-order valence-corrected chi connectivity index (χ2v) is 2.05. The molecule has 0 amide bonds. The minimum absolute atomic E-state index is 0.729. The monoisotopic (exact) mass is 166 g/mol. The van der Waals surface area contributed by atoms with Gasteiger partial charge in [-0.3, -0.25) is 9.59 Å². The Kier molecular flexibility index (Phi) is 5.26. The first-order valence-electron chi connectivity index (χ1n) is 3.36. The van der Waals surface area contributed by atoms with Gasteiger partial charge in [-0.1, -0.05) is 30.3 Å². The number of carbonyl (C=O) groups is 2. The molecule has 0 atom stereocenters. The number of aliphatic carboxylic acids is 1. The van der Waals surface area contributed by atoms with Gasteiger partial charge >= 0.3 is 0 Å². The van der Waals surface area contributed by atoms with E-state index in [1.807, 2.05) is 18.2 Å². The molecular weight excluding hydrogens is 156 g/mol. The van der Waals surface area contributed by atoms with Crippen LogP contribution < -0.4 is 0 Å². The topological polar surface area (TPSA) is 54.4 Å². The number of benzene rings is 1. The molecule has 1 rings (SSSR count). The second kappa shape index (κ2) is 6.09. The van der Waals surface area contributed by atoms with Crippen molar-refractivity contribution >= 4 is 12.3 Å². The lowest BCUT2D eigenvalue weighted by Gasteiger charge is -1.81. The maximum Gasteiger partial charge on any atom is 0.300 e. The van der Waals surface area contributed by atoms with Crippen molar-refractivity contribution in [3.05, 3.63) is 35.9 Å². The molecule has 0 aromatic heterocycles. The van der Waals surface area contributed by atoms with Crippen LogP contribution in [0, 0.1) is 0 Å². The number of carbonyl (C=O) groups excluding carboxylic acids is 1. The fraction of sp³-hybridized carbons (Fsp3) is 0.111. The van der Waals surface area contributed by atoms with E-state index in [9.17, 15) is 4.79 Å². The number of hydrogen-bond acceptors (Lipinski definition) is 2. The fourth-order valence-electron chi connectivity index (χ4n) is 0.532. The molecule has 3 nitrogen and oxygen atoms in total. The van der Waals surface area contributed by atoms with Crippen LogP contribution in [0.2, 0.25) is 0 Å². The molecular formula is C9H10O3. The molecule has 0 fully saturated rings. The van der Waals surface area contributed by atoms with Crippen LogP contribution in [0.4, 0.5) is 0 Å². The van der Waals surface area contributed by atoms with Crippen molar-refractivity contribution in [3.63, 3.8) is 0 Å². The molecule has 64 valence electrons. The molecule has 0 spiro atoms. The van der Waals surface area contributed by atoms with E-state index in [0.29, 0.717) is 0 Å². The molecule has 0 radical (unpaired) electrons. The summed E-state index contributed by atoms with van der Waals surface area (Å²) in [6.07, 6.45) is 0.833. The minimum Gasteiger partial charge on any atom is -0.481 e. The number of carboxylic acid groups (broad SMARTS) is 1. The summed E-state index contributed by atoms with van der Waals surface area (Å²) >= 11 is 0. The Morgan fingerprint density at radius 1 is 1.33 bits per heavy atom. The van der Waals surface area contributed by atoms with Gasteiger partial charge in [-0.2, -0.15) is 0 Å². The third-order valence-electron chi connectivity index (χ3n) is 0.936. The van der Waals surface area contributed by atoms with Gasteiger partial charge in [0.25, 0.3) is 5.97 Å². The van der Waals surface area contributed by atoms with Gasteiger partial charge in [-0.15, -0.1) is 0 Å². The van der Waals surface area contributed by atoms with Crippen LogP contribution in [0.1, 0.15) is 17.3 Å². The van der Waals surface area contributed by atoms with E-state index >= 15 is 0 Å². The van der Waals surface area contributed by atoms with Crippen LogP contribution in [0.25, 0.3) is 0 Å².